The average Bonchev–Trinajstić information content (AvgIpc) is 3.24. The van der Waals surface area contributed by atoms with Gasteiger partial charge in [-0.1, -0.05) is 6.08 Å². The van der Waals surface area contributed by atoms with Gasteiger partial charge in [0, 0.05) is 36.4 Å². The number of imidazole rings is 1. The standard InChI is InChI=1S/C18H17N7/c1-11-23-15-17(24-11)21-10-22-18(15)25-7-4-12(5-8-25)14-9-20-16-13(14)3-2-6-19-16/h2-4,6,9-10H,5,7-8H2,1H3,(H,19,20)(H,21,22,23,24). The van der Waals surface area contributed by atoms with Crippen LogP contribution in [0.3, 0.4) is 0 Å². The minimum Gasteiger partial charge on any atom is -0.351 e. The second-order valence-corrected chi connectivity index (χ2v) is 6.25. The smallest absolute Gasteiger partial charge is 0.183 e. The quantitative estimate of drug-likeness (QED) is 0.590. The highest BCUT2D eigenvalue weighted by Gasteiger charge is 2.19. The highest BCUT2D eigenvalue weighted by atomic mass is 15.2. The van der Waals surface area contributed by atoms with E-state index in [0.717, 1.165) is 48.0 Å². The SMILES string of the molecule is Cc1nc2ncnc(N3CC=C(c4c[nH]c5ncccc45)CC3)c2[nH]1. The van der Waals surface area contributed by atoms with Crippen molar-refractivity contribution in [3.63, 3.8) is 0 Å². The van der Waals surface area contributed by atoms with Gasteiger partial charge in [0.2, 0.25) is 0 Å². The lowest BCUT2D eigenvalue weighted by molar-refractivity contribution is 0.818. The molecule has 5 rings (SSSR count). The summed E-state index contributed by atoms with van der Waals surface area (Å²) in [5.41, 5.74) is 5.16. The lowest BCUT2D eigenvalue weighted by Crippen LogP contribution is -2.29. The molecule has 0 amide bonds. The van der Waals surface area contributed by atoms with E-state index < -0.39 is 0 Å². The molecule has 124 valence electrons. The maximum atomic E-state index is 4.48. The van der Waals surface area contributed by atoms with Gasteiger partial charge in [-0.2, -0.15) is 0 Å². The molecule has 1 aliphatic heterocycles. The number of nitrogens with one attached hydrogen (secondary N) is 2. The Morgan fingerprint density at radius 3 is 3.04 bits per heavy atom. The molecule has 2 N–H and O–H groups in total. The number of aromatic nitrogens is 6. The molecule has 0 aliphatic carbocycles. The van der Waals surface area contributed by atoms with Crippen molar-refractivity contribution in [2.75, 3.05) is 18.0 Å². The van der Waals surface area contributed by atoms with Gasteiger partial charge in [-0.05, 0) is 31.1 Å². The molecular weight excluding hydrogens is 314 g/mol. The van der Waals surface area contributed by atoms with Gasteiger partial charge in [0.1, 0.15) is 23.3 Å². The van der Waals surface area contributed by atoms with Crippen molar-refractivity contribution in [3.8, 4) is 0 Å². The first-order valence-electron chi connectivity index (χ1n) is 8.33. The van der Waals surface area contributed by atoms with Crippen LogP contribution in [0.25, 0.3) is 27.8 Å². The van der Waals surface area contributed by atoms with E-state index in [9.17, 15) is 0 Å². The molecule has 1 aliphatic rings. The predicted molar refractivity (Wildman–Crippen MR) is 97.3 cm³/mol. The van der Waals surface area contributed by atoms with Gasteiger partial charge in [-0.15, -0.1) is 0 Å². The van der Waals surface area contributed by atoms with E-state index in [1.807, 2.05) is 19.2 Å². The maximum Gasteiger partial charge on any atom is 0.183 e. The predicted octanol–water partition coefficient (Wildman–Crippen LogP) is 2.83. The van der Waals surface area contributed by atoms with E-state index in [1.54, 1.807) is 6.33 Å². The highest BCUT2D eigenvalue weighted by molar-refractivity contribution is 5.91. The number of nitrogens with zero attached hydrogens (tertiary/aromatic N) is 5. The molecule has 0 atom stereocenters. The van der Waals surface area contributed by atoms with E-state index in [1.165, 1.54) is 16.5 Å². The van der Waals surface area contributed by atoms with Crippen LogP contribution in [0.4, 0.5) is 5.82 Å². The Labute approximate surface area is 143 Å². The van der Waals surface area contributed by atoms with Crippen molar-refractivity contribution in [1.82, 2.24) is 29.9 Å². The zero-order chi connectivity index (χ0) is 16.8. The minimum atomic E-state index is 0.722. The molecular formula is C18H17N7. The van der Waals surface area contributed by atoms with Crippen molar-refractivity contribution in [2.24, 2.45) is 0 Å². The molecule has 25 heavy (non-hydrogen) atoms. The molecule has 0 aromatic carbocycles. The van der Waals surface area contributed by atoms with E-state index in [2.05, 4.69) is 53.1 Å². The van der Waals surface area contributed by atoms with Gasteiger partial charge < -0.3 is 14.9 Å². The number of hydrogen-bond donors (Lipinski definition) is 2. The van der Waals surface area contributed by atoms with Crippen LogP contribution in [-0.4, -0.2) is 43.0 Å². The Morgan fingerprint density at radius 2 is 2.16 bits per heavy atom. The first kappa shape index (κ1) is 14.2. The summed E-state index contributed by atoms with van der Waals surface area (Å²) in [5.74, 6) is 1.78. The van der Waals surface area contributed by atoms with Crippen molar-refractivity contribution in [2.45, 2.75) is 13.3 Å². The first-order valence-corrected chi connectivity index (χ1v) is 8.33. The fraction of sp³-hybridized carbons (Fsp3) is 0.222. The van der Waals surface area contributed by atoms with Crippen LogP contribution in [0.15, 0.2) is 36.9 Å². The second-order valence-electron chi connectivity index (χ2n) is 6.25. The molecule has 0 bridgehead atoms. The normalized spacial score (nSPS) is 15.1. The number of aromatic amines is 2. The van der Waals surface area contributed by atoms with E-state index >= 15 is 0 Å². The zero-order valence-corrected chi connectivity index (χ0v) is 13.8. The van der Waals surface area contributed by atoms with Crippen LogP contribution in [-0.2, 0) is 0 Å². The summed E-state index contributed by atoms with van der Waals surface area (Å²) >= 11 is 0. The molecule has 0 spiro atoms. The molecule has 4 aromatic heterocycles. The summed E-state index contributed by atoms with van der Waals surface area (Å²) in [6, 6.07) is 4.09. The van der Waals surface area contributed by atoms with Crippen molar-refractivity contribution < 1.29 is 0 Å². The summed E-state index contributed by atoms with van der Waals surface area (Å²) in [7, 11) is 0. The van der Waals surface area contributed by atoms with Crippen LogP contribution in [0.1, 0.15) is 17.8 Å². The van der Waals surface area contributed by atoms with Gasteiger partial charge in [0.15, 0.2) is 11.5 Å². The molecule has 0 unspecified atom stereocenters. The number of aryl methyl sites for hydroxylation is 1. The second kappa shape index (κ2) is 5.41. The van der Waals surface area contributed by atoms with Crippen molar-refractivity contribution in [3.05, 3.63) is 48.3 Å². The third kappa shape index (κ3) is 2.27. The minimum absolute atomic E-state index is 0.722. The van der Waals surface area contributed by atoms with Crippen molar-refractivity contribution >= 4 is 33.6 Å². The molecule has 7 nitrogen and oxygen atoms in total. The average molecular weight is 331 g/mol. The summed E-state index contributed by atoms with van der Waals surface area (Å²) in [4.78, 5) is 26.3. The van der Waals surface area contributed by atoms with Gasteiger partial charge >= 0.3 is 0 Å². The molecule has 0 fully saturated rings. The Hall–Kier alpha value is -3.22. The summed E-state index contributed by atoms with van der Waals surface area (Å²) < 4.78 is 0. The Morgan fingerprint density at radius 1 is 1.20 bits per heavy atom. The molecule has 0 saturated carbocycles. The van der Waals surface area contributed by atoms with Crippen LogP contribution in [0, 0.1) is 6.92 Å². The summed E-state index contributed by atoms with van der Waals surface area (Å²) in [5, 5.41) is 1.18. The molecule has 7 heteroatoms. The van der Waals surface area contributed by atoms with Crippen LogP contribution in [0.2, 0.25) is 0 Å². The Kier molecular flexibility index (Phi) is 3.06. The highest BCUT2D eigenvalue weighted by Crippen LogP contribution is 2.30. The number of anilines is 1. The lowest BCUT2D eigenvalue weighted by Gasteiger charge is -2.27. The van der Waals surface area contributed by atoms with Crippen LogP contribution < -0.4 is 4.90 Å². The van der Waals surface area contributed by atoms with Crippen LogP contribution >= 0.6 is 0 Å². The third-order valence-corrected chi connectivity index (χ3v) is 4.69. The maximum absolute atomic E-state index is 4.48. The van der Waals surface area contributed by atoms with Crippen LogP contribution in [0.5, 0.6) is 0 Å². The fourth-order valence-corrected chi connectivity index (χ4v) is 3.50. The summed E-state index contributed by atoms with van der Waals surface area (Å²) in [6.07, 6.45) is 8.69. The molecule has 4 aromatic rings. The molecule has 0 radical (unpaired) electrons. The van der Waals surface area contributed by atoms with E-state index in [-0.39, 0.29) is 0 Å². The third-order valence-electron chi connectivity index (χ3n) is 4.69. The molecule has 0 saturated heterocycles. The van der Waals surface area contributed by atoms with Gasteiger partial charge in [-0.3, -0.25) is 0 Å². The van der Waals surface area contributed by atoms with Gasteiger partial charge in [0.05, 0.1) is 0 Å². The number of rotatable bonds is 2. The first-order chi connectivity index (χ1) is 12.3. The van der Waals surface area contributed by atoms with Gasteiger partial charge in [-0.25, -0.2) is 19.9 Å². The largest absolute Gasteiger partial charge is 0.351 e. The monoisotopic (exact) mass is 331 g/mol. The van der Waals surface area contributed by atoms with E-state index in [4.69, 9.17) is 0 Å². The Bertz CT molecular complexity index is 1100. The fourth-order valence-electron chi connectivity index (χ4n) is 3.50. The van der Waals surface area contributed by atoms with E-state index in [0.29, 0.717) is 0 Å². The Balaban J connectivity index is 1.49. The zero-order valence-electron chi connectivity index (χ0n) is 13.8. The molecule has 5 heterocycles. The number of pyridine rings is 1. The topological polar surface area (TPSA) is 86.4 Å². The number of hydrogen-bond acceptors (Lipinski definition) is 5. The lowest BCUT2D eigenvalue weighted by atomic mass is 9.99. The summed E-state index contributed by atoms with van der Waals surface area (Å²) in [6.45, 7) is 3.65. The van der Waals surface area contributed by atoms with Gasteiger partial charge in [0.25, 0.3) is 0 Å². The number of fused-ring (bicyclic) bond motifs is 2. The number of H-pyrrole nitrogens is 2. The van der Waals surface area contributed by atoms with Crippen molar-refractivity contribution in [1.29, 1.82) is 0 Å².